The van der Waals surface area contributed by atoms with E-state index in [-0.39, 0.29) is 16.5 Å². The number of carbonyl (C=O) groups excluding carboxylic acids is 1. The molecular weight excluding hydrogens is 263 g/mol. The molecule has 0 unspecified atom stereocenters. The predicted octanol–water partition coefficient (Wildman–Crippen LogP) is 2.75. The number of ether oxygens (including phenoxy) is 1. The number of aromatic nitrogens is 1. The number of esters is 1. The zero-order chi connectivity index (χ0) is 14.2. The minimum atomic E-state index is -4.55. The van der Waals surface area contributed by atoms with Crippen molar-refractivity contribution in [1.29, 1.82) is 0 Å². The maximum Gasteiger partial charge on any atom is 0.416 e. The summed E-state index contributed by atoms with van der Waals surface area (Å²) in [6.07, 6.45) is -3.56. The molecule has 2 aromatic rings. The monoisotopic (exact) mass is 271 g/mol. The number of hydrogen-bond donors (Lipinski definition) is 1. The Kier molecular flexibility index (Phi) is 3.05. The van der Waals surface area contributed by atoms with Crippen LogP contribution in [0.5, 0.6) is 5.75 Å². The van der Waals surface area contributed by atoms with Gasteiger partial charge in [0.2, 0.25) is 0 Å². The van der Waals surface area contributed by atoms with Crippen molar-refractivity contribution in [3.8, 4) is 5.75 Å². The molecule has 0 saturated heterocycles. The lowest BCUT2D eigenvalue weighted by molar-refractivity contribution is -0.137. The van der Waals surface area contributed by atoms with Crippen LogP contribution in [0.15, 0.2) is 24.4 Å². The van der Waals surface area contributed by atoms with Gasteiger partial charge in [-0.15, -0.1) is 0 Å². The smallest absolute Gasteiger partial charge is 0.416 e. The summed E-state index contributed by atoms with van der Waals surface area (Å²) in [5.74, 6) is -1.46. The molecule has 2 rings (SSSR count). The standard InChI is InChI=1S/C12H8F3NO3/c1-19-11(18)10-7-4-6(12(13,14)15)2-3-8(7)16-5-9(10)17/h2-5,17H,1H3. The van der Waals surface area contributed by atoms with Gasteiger partial charge < -0.3 is 9.84 Å². The summed E-state index contributed by atoms with van der Waals surface area (Å²) in [6, 6.07) is 2.74. The molecule has 0 aliphatic heterocycles. The van der Waals surface area contributed by atoms with Gasteiger partial charge >= 0.3 is 12.1 Å². The van der Waals surface area contributed by atoms with Crippen LogP contribution in [0.3, 0.4) is 0 Å². The molecule has 100 valence electrons. The molecule has 7 heteroatoms. The Balaban J connectivity index is 2.78. The van der Waals surface area contributed by atoms with Crippen LogP contribution >= 0.6 is 0 Å². The van der Waals surface area contributed by atoms with E-state index in [0.29, 0.717) is 0 Å². The van der Waals surface area contributed by atoms with E-state index in [1.54, 1.807) is 0 Å². The number of benzene rings is 1. The predicted molar refractivity (Wildman–Crippen MR) is 59.7 cm³/mol. The highest BCUT2D eigenvalue weighted by atomic mass is 19.4. The number of nitrogens with zero attached hydrogens (tertiary/aromatic N) is 1. The molecule has 0 aliphatic carbocycles. The third-order valence-electron chi connectivity index (χ3n) is 2.56. The van der Waals surface area contributed by atoms with Crippen molar-refractivity contribution < 1.29 is 27.8 Å². The minimum absolute atomic E-state index is 0.110. The Bertz CT molecular complexity index is 652. The first kappa shape index (κ1) is 13.1. The van der Waals surface area contributed by atoms with Crippen molar-refractivity contribution in [1.82, 2.24) is 4.98 Å². The van der Waals surface area contributed by atoms with Crippen LogP contribution in [0, 0.1) is 0 Å². The first-order valence-electron chi connectivity index (χ1n) is 5.12. The summed E-state index contributed by atoms with van der Waals surface area (Å²) in [7, 11) is 1.07. The second kappa shape index (κ2) is 4.42. The van der Waals surface area contributed by atoms with Crippen LogP contribution in [0.25, 0.3) is 10.9 Å². The summed E-state index contributed by atoms with van der Waals surface area (Å²) < 4.78 is 42.3. The average Bonchev–Trinajstić information content (AvgIpc) is 2.36. The molecule has 19 heavy (non-hydrogen) atoms. The Hall–Kier alpha value is -2.31. The molecule has 0 bridgehead atoms. The third kappa shape index (κ3) is 2.31. The van der Waals surface area contributed by atoms with Gasteiger partial charge in [-0.1, -0.05) is 0 Å². The van der Waals surface area contributed by atoms with Crippen molar-refractivity contribution in [3.05, 3.63) is 35.5 Å². The normalized spacial score (nSPS) is 11.6. The number of fused-ring (bicyclic) bond motifs is 1. The van der Waals surface area contributed by atoms with Crippen molar-refractivity contribution in [2.24, 2.45) is 0 Å². The molecule has 0 spiro atoms. The molecule has 1 heterocycles. The summed E-state index contributed by atoms with van der Waals surface area (Å²) in [5, 5.41) is 9.45. The number of rotatable bonds is 1. The van der Waals surface area contributed by atoms with Gasteiger partial charge in [0.25, 0.3) is 0 Å². The molecule has 0 radical (unpaired) electrons. The fourth-order valence-electron chi connectivity index (χ4n) is 1.67. The van der Waals surface area contributed by atoms with Crippen molar-refractivity contribution >= 4 is 16.9 Å². The lowest BCUT2D eigenvalue weighted by Crippen LogP contribution is -2.07. The minimum Gasteiger partial charge on any atom is -0.505 e. The molecule has 0 fully saturated rings. The number of alkyl halides is 3. The van der Waals surface area contributed by atoms with Gasteiger partial charge in [-0.3, -0.25) is 4.98 Å². The van der Waals surface area contributed by atoms with Gasteiger partial charge in [-0.05, 0) is 18.2 Å². The summed E-state index contributed by atoms with van der Waals surface area (Å²) in [5.41, 5.74) is -1.11. The first-order chi connectivity index (χ1) is 8.84. The van der Waals surface area contributed by atoms with Crippen LogP contribution in [-0.2, 0) is 10.9 Å². The van der Waals surface area contributed by atoms with Crippen LogP contribution in [-0.4, -0.2) is 23.2 Å². The van der Waals surface area contributed by atoms with Crippen LogP contribution in [0.4, 0.5) is 13.2 Å². The Labute approximate surface area is 105 Å². The molecule has 1 aromatic carbocycles. The van der Waals surface area contributed by atoms with E-state index in [0.717, 1.165) is 31.5 Å². The zero-order valence-electron chi connectivity index (χ0n) is 9.65. The lowest BCUT2D eigenvalue weighted by atomic mass is 10.0. The van der Waals surface area contributed by atoms with Crippen LogP contribution < -0.4 is 0 Å². The molecule has 0 atom stereocenters. The lowest BCUT2D eigenvalue weighted by Gasteiger charge is -2.10. The number of pyridine rings is 1. The van der Waals surface area contributed by atoms with Gasteiger partial charge in [0, 0.05) is 5.39 Å². The van der Waals surface area contributed by atoms with Gasteiger partial charge in [0.05, 0.1) is 24.4 Å². The summed E-state index contributed by atoms with van der Waals surface area (Å²) >= 11 is 0. The highest BCUT2D eigenvalue weighted by molar-refractivity contribution is 6.05. The van der Waals surface area contributed by atoms with Gasteiger partial charge in [-0.2, -0.15) is 13.2 Å². The van der Waals surface area contributed by atoms with E-state index in [1.165, 1.54) is 0 Å². The molecule has 4 nitrogen and oxygen atoms in total. The van der Waals surface area contributed by atoms with Crippen molar-refractivity contribution in [2.45, 2.75) is 6.18 Å². The SMILES string of the molecule is COC(=O)c1c(O)cnc2ccc(C(F)(F)F)cc12. The number of carbonyl (C=O) groups is 1. The molecule has 1 N–H and O–H groups in total. The van der Waals surface area contributed by atoms with E-state index in [4.69, 9.17) is 0 Å². The largest absolute Gasteiger partial charge is 0.505 e. The molecule has 1 aromatic heterocycles. The number of halogens is 3. The second-order valence-corrected chi connectivity index (χ2v) is 3.74. The molecule has 0 amide bonds. The Morgan fingerprint density at radius 3 is 2.63 bits per heavy atom. The summed E-state index contributed by atoms with van der Waals surface area (Å²) in [6.45, 7) is 0. The van der Waals surface area contributed by atoms with Gasteiger partial charge in [0.1, 0.15) is 11.3 Å². The fourth-order valence-corrected chi connectivity index (χ4v) is 1.67. The van der Waals surface area contributed by atoms with E-state index >= 15 is 0 Å². The molecule has 0 saturated carbocycles. The van der Waals surface area contributed by atoms with Crippen LogP contribution in [0.1, 0.15) is 15.9 Å². The van der Waals surface area contributed by atoms with Crippen molar-refractivity contribution in [2.75, 3.05) is 7.11 Å². The first-order valence-corrected chi connectivity index (χ1v) is 5.12. The highest BCUT2D eigenvalue weighted by Crippen LogP contribution is 2.33. The number of methoxy groups -OCH3 is 1. The number of hydrogen-bond acceptors (Lipinski definition) is 4. The molecular formula is C12H8F3NO3. The van der Waals surface area contributed by atoms with Gasteiger partial charge in [-0.25, -0.2) is 4.79 Å². The van der Waals surface area contributed by atoms with Crippen LogP contribution in [0.2, 0.25) is 0 Å². The van der Waals surface area contributed by atoms with E-state index in [1.807, 2.05) is 0 Å². The van der Waals surface area contributed by atoms with Crippen molar-refractivity contribution in [3.63, 3.8) is 0 Å². The summed E-state index contributed by atoms with van der Waals surface area (Å²) in [4.78, 5) is 15.3. The topological polar surface area (TPSA) is 59.4 Å². The van der Waals surface area contributed by atoms with E-state index < -0.39 is 23.5 Å². The van der Waals surface area contributed by atoms with E-state index in [2.05, 4.69) is 9.72 Å². The average molecular weight is 271 g/mol. The van der Waals surface area contributed by atoms with E-state index in [9.17, 15) is 23.1 Å². The maximum absolute atomic E-state index is 12.6. The van der Waals surface area contributed by atoms with Gasteiger partial charge in [0.15, 0.2) is 0 Å². The second-order valence-electron chi connectivity index (χ2n) is 3.74. The number of aromatic hydroxyl groups is 1. The quantitative estimate of drug-likeness (QED) is 0.810. The Morgan fingerprint density at radius 2 is 2.05 bits per heavy atom. The molecule has 0 aliphatic rings. The zero-order valence-corrected chi connectivity index (χ0v) is 9.65. The third-order valence-corrected chi connectivity index (χ3v) is 2.56. The highest BCUT2D eigenvalue weighted by Gasteiger charge is 2.31. The Morgan fingerprint density at radius 1 is 1.37 bits per heavy atom. The maximum atomic E-state index is 12.6. The fraction of sp³-hybridized carbons (Fsp3) is 0.167.